The number of benzene rings is 2. The first kappa shape index (κ1) is 20.3. The van der Waals surface area contributed by atoms with E-state index in [0.29, 0.717) is 12.3 Å². The summed E-state index contributed by atoms with van der Waals surface area (Å²) in [4.78, 5) is 17.2. The number of hydrogen-bond acceptors (Lipinski definition) is 6. The molecule has 0 atom stereocenters. The normalized spacial score (nSPS) is 11.6. The summed E-state index contributed by atoms with van der Waals surface area (Å²) in [5.41, 5.74) is 5.13. The minimum Gasteiger partial charge on any atom is -0.489 e. The van der Waals surface area contributed by atoms with Gasteiger partial charge in [-0.05, 0) is 71.7 Å². The van der Waals surface area contributed by atoms with Crippen molar-refractivity contribution in [2.24, 2.45) is 12.2 Å². The van der Waals surface area contributed by atoms with Gasteiger partial charge >= 0.3 is 5.69 Å². The Hall–Kier alpha value is -3.42. The maximum Gasteiger partial charge on any atom is 0.368 e. The average molecular weight is 395 g/mol. The smallest absolute Gasteiger partial charge is 0.368 e. The van der Waals surface area contributed by atoms with Gasteiger partial charge in [0, 0.05) is 12.6 Å². The summed E-state index contributed by atoms with van der Waals surface area (Å²) in [6.07, 6.45) is 0.771. The highest BCUT2D eigenvalue weighted by Gasteiger charge is 2.14. The Morgan fingerprint density at radius 3 is 2.55 bits per heavy atom. The molecule has 3 aromatic rings. The maximum atomic E-state index is 12.3. The van der Waals surface area contributed by atoms with Crippen molar-refractivity contribution in [2.45, 2.75) is 33.8 Å². The summed E-state index contributed by atoms with van der Waals surface area (Å²) in [7, 11) is 3.11. The van der Waals surface area contributed by atoms with E-state index in [9.17, 15) is 4.79 Å². The lowest BCUT2D eigenvalue weighted by molar-refractivity contribution is 0.213. The highest BCUT2D eigenvalue weighted by Crippen LogP contribution is 2.24. The van der Waals surface area contributed by atoms with Crippen molar-refractivity contribution in [3.8, 4) is 11.4 Å². The van der Waals surface area contributed by atoms with Gasteiger partial charge in [0.05, 0.1) is 11.4 Å². The molecule has 0 saturated carbocycles. The van der Waals surface area contributed by atoms with Crippen LogP contribution in [-0.2, 0) is 18.5 Å². The molecule has 2 aromatic carbocycles. The van der Waals surface area contributed by atoms with Gasteiger partial charge < -0.3 is 9.57 Å². The van der Waals surface area contributed by atoms with Crippen molar-refractivity contribution in [2.75, 3.05) is 7.11 Å². The molecule has 0 fully saturated rings. The minimum absolute atomic E-state index is 0.304. The van der Waals surface area contributed by atoms with Gasteiger partial charge in [0.25, 0.3) is 0 Å². The fraction of sp³-hybridized carbons (Fsp3) is 0.333. The van der Waals surface area contributed by atoms with Crippen LogP contribution in [-0.4, -0.2) is 32.6 Å². The zero-order valence-corrected chi connectivity index (χ0v) is 17.3. The number of nitrogens with zero attached hydrogens (tertiary/aromatic N) is 5. The molecule has 0 bridgehead atoms. The van der Waals surface area contributed by atoms with Crippen molar-refractivity contribution in [1.29, 1.82) is 0 Å². The fourth-order valence-electron chi connectivity index (χ4n) is 3.11. The Bertz CT molecular complexity index is 1100. The molecule has 1 aromatic heterocycles. The van der Waals surface area contributed by atoms with E-state index in [2.05, 4.69) is 15.6 Å². The molecule has 8 nitrogen and oxygen atoms in total. The van der Waals surface area contributed by atoms with Gasteiger partial charge in [-0.3, -0.25) is 0 Å². The molecule has 0 radical (unpaired) electrons. The van der Waals surface area contributed by atoms with Crippen molar-refractivity contribution < 1.29 is 9.57 Å². The van der Waals surface area contributed by atoms with E-state index >= 15 is 0 Å². The number of hydrogen-bond donors (Lipinski definition) is 0. The van der Waals surface area contributed by atoms with Crippen molar-refractivity contribution in [1.82, 2.24) is 19.8 Å². The summed E-state index contributed by atoms with van der Waals surface area (Å²) in [5, 5.41) is 11.8. The van der Waals surface area contributed by atoms with Crippen molar-refractivity contribution in [3.05, 3.63) is 69.1 Å². The molecule has 29 heavy (non-hydrogen) atoms. The minimum atomic E-state index is -0.304. The van der Waals surface area contributed by atoms with Gasteiger partial charge in [0.15, 0.2) is 0 Å². The first-order chi connectivity index (χ1) is 14.0. The van der Waals surface area contributed by atoms with Crippen LogP contribution >= 0.6 is 0 Å². The van der Waals surface area contributed by atoms with E-state index in [1.807, 2.05) is 57.2 Å². The van der Waals surface area contributed by atoms with Crippen LogP contribution in [0, 0.1) is 13.8 Å². The largest absolute Gasteiger partial charge is 0.489 e. The lowest BCUT2D eigenvalue weighted by atomic mass is 10.0. The monoisotopic (exact) mass is 395 g/mol. The van der Waals surface area contributed by atoms with Gasteiger partial charge in [0.2, 0.25) is 0 Å². The van der Waals surface area contributed by atoms with E-state index < -0.39 is 0 Å². The second kappa shape index (κ2) is 8.72. The van der Waals surface area contributed by atoms with Crippen LogP contribution in [0.2, 0.25) is 0 Å². The van der Waals surface area contributed by atoms with Gasteiger partial charge in [-0.2, -0.15) is 9.36 Å². The number of aryl methyl sites for hydroxylation is 3. The van der Waals surface area contributed by atoms with Crippen LogP contribution in [0.1, 0.15) is 35.6 Å². The second-order valence-electron chi connectivity index (χ2n) is 6.71. The molecular weight excluding hydrogens is 370 g/mol. The Morgan fingerprint density at radius 1 is 1.14 bits per heavy atom. The van der Waals surface area contributed by atoms with Gasteiger partial charge in [-0.1, -0.05) is 24.2 Å². The Labute approximate surface area is 169 Å². The third kappa shape index (κ3) is 4.21. The predicted molar refractivity (Wildman–Crippen MR) is 111 cm³/mol. The van der Waals surface area contributed by atoms with Crippen LogP contribution in [0.25, 0.3) is 5.69 Å². The van der Waals surface area contributed by atoms with E-state index in [1.54, 1.807) is 14.2 Å². The van der Waals surface area contributed by atoms with E-state index in [4.69, 9.17) is 9.57 Å². The van der Waals surface area contributed by atoms with Crippen LogP contribution in [0.4, 0.5) is 0 Å². The van der Waals surface area contributed by atoms with Crippen LogP contribution in [0.15, 0.2) is 46.3 Å². The van der Waals surface area contributed by atoms with Crippen LogP contribution < -0.4 is 10.4 Å². The third-order valence-electron chi connectivity index (χ3n) is 4.75. The molecule has 0 saturated heterocycles. The number of rotatable bonds is 7. The summed E-state index contributed by atoms with van der Waals surface area (Å²) >= 11 is 0. The SMILES string of the molecule is CCC(=NOC)c1ccc(OCc2c(C)cccc2-n2nnn(C)c2=O)c(C)c1. The summed E-state index contributed by atoms with van der Waals surface area (Å²) in [6.45, 7) is 6.31. The number of oxime groups is 1. The molecule has 1 heterocycles. The molecule has 8 heteroatoms. The molecule has 0 spiro atoms. The quantitative estimate of drug-likeness (QED) is 0.454. The number of ether oxygens (including phenoxy) is 1. The summed E-state index contributed by atoms with van der Waals surface area (Å²) in [5.74, 6) is 0.766. The first-order valence-electron chi connectivity index (χ1n) is 9.38. The standard InChI is InChI=1S/C21H25N5O3/c1-6-18(22-28-5)16-10-11-20(15(3)12-16)29-13-17-14(2)8-7-9-19(17)26-21(27)25(4)23-24-26/h7-12H,6,13H2,1-5H3. The highest BCUT2D eigenvalue weighted by atomic mass is 16.6. The first-order valence-corrected chi connectivity index (χ1v) is 9.38. The summed E-state index contributed by atoms with van der Waals surface area (Å²) < 4.78 is 8.58. The highest BCUT2D eigenvalue weighted by molar-refractivity contribution is 6.00. The van der Waals surface area contributed by atoms with Crippen LogP contribution in [0.3, 0.4) is 0 Å². The zero-order valence-electron chi connectivity index (χ0n) is 17.3. The summed E-state index contributed by atoms with van der Waals surface area (Å²) in [6, 6.07) is 11.6. The maximum absolute atomic E-state index is 12.3. The molecule has 0 amide bonds. The number of aromatic nitrogens is 4. The molecular formula is C21H25N5O3. The lowest BCUT2D eigenvalue weighted by Crippen LogP contribution is -2.23. The number of tetrazole rings is 1. The lowest BCUT2D eigenvalue weighted by Gasteiger charge is -2.15. The van der Waals surface area contributed by atoms with Gasteiger partial charge in [0.1, 0.15) is 19.5 Å². The Morgan fingerprint density at radius 2 is 1.93 bits per heavy atom. The zero-order chi connectivity index (χ0) is 21.0. The molecule has 0 aliphatic rings. The van der Waals surface area contributed by atoms with Crippen molar-refractivity contribution >= 4 is 5.71 Å². The van der Waals surface area contributed by atoms with Crippen LogP contribution in [0.5, 0.6) is 5.75 Å². The predicted octanol–water partition coefficient (Wildman–Crippen LogP) is 2.92. The van der Waals surface area contributed by atoms with E-state index in [-0.39, 0.29) is 5.69 Å². The molecule has 0 unspecified atom stereocenters. The molecule has 0 N–H and O–H groups in total. The molecule has 3 rings (SSSR count). The molecule has 0 aliphatic carbocycles. The average Bonchev–Trinajstić information content (AvgIpc) is 3.04. The fourth-order valence-corrected chi connectivity index (χ4v) is 3.11. The molecule has 0 aliphatic heterocycles. The second-order valence-corrected chi connectivity index (χ2v) is 6.71. The van der Waals surface area contributed by atoms with Gasteiger partial charge in [-0.15, -0.1) is 0 Å². The Balaban J connectivity index is 1.88. The van der Waals surface area contributed by atoms with Gasteiger partial charge in [-0.25, -0.2) is 4.79 Å². The van der Waals surface area contributed by atoms with E-state index in [1.165, 1.54) is 9.36 Å². The topological polar surface area (TPSA) is 83.5 Å². The molecule has 152 valence electrons. The Kier molecular flexibility index (Phi) is 6.11. The third-order valence-corrected chi connectivity index (χ3v) is 4.75. The van der Waals surface area contributed by atoms with Crippen molar-refractivity contribution in [3.63, 3.8) is 0 Å². The van der Waals surface area contributed by atoms with E-state index in [0.717, 1.165) is 40.1 Å².